The Morgan fingerprint density at radius 1 is 1.41 bits per heavy atom. The second-order valence-electron chi connectivity index (χ2n) is 4.99. The molecule has 0 saturated heterocycles. The van der Waals surface area contributed by atoms with E-state index >= 15 is 0 Å². The van der Waals surface area contributed by atoms with Gasteiger partial charge < -0.3 is 19.4 Å². The molecule has 1 heterocycles. The molecule has 0 amide bonds. The lowest BCUT2D eigenvalue weighted by Crippen LogP contribution is -2.27. The molecule has 1 aliphatic carbocycles. The van der Waals surface area contributed by atoms with E-state index in [0.717, 1.165) is 0 Å². The molecular formula is C16H13O6-. The van der Waals surface area contributed by atoms with Crippen LogP contribution in [0.25, 0.3) is 11.0 Å². The molecule has 3 rings (SSSR count). The summed E-state index contributed by atoms with van der Waals surface area (Å²) in [7, 11) is 0. The Kier molecular flexibility index (Phi) is 3.36. The van der Waals surface area contributed by atoms with E-state index in [-0.39, 0.29) is 53.1 Å². The Bertz CT molecular complexity index is 859. The zero-order valence-electron chi connectivity index (χ0n) is 11.8. The Hall–Kier alpha value is -2.76. The van der Waals surface area contributed by atoms with Crippen molar-refractivity contribution in [2.75, 3.05) is 6.61 Å². The van der Waals surface area contributed by atoms with Crippen molar-refractivity contribution in [3.05, 3.63) is 51.1 Å². The summed E-state index contributed by atoms with van der Waals surface area (Å²) in [6.45, 7) is 1.81. The van der Waals surface area contributed by atoms with Crippen LogP contribution in [0, 0.1) is 0 Å². The van der Waals surface area contributed by atoms with Gasteiger partial charge in [-0.25, -0.2) is 4.79 Å². The van der Waals surface area contributed by atoms with Crippen molar-refractivity contribution in [3.8, 4) is 5.75 Å². The minimum absolute atomic E-state index is 0.0167. The molecule has 2 aromatic rings. The molecule has 1 N–H and O–H groups in total. The highest BCUT2D eigenvalue weighted by Crippen LogP contribution is 2.27. The second kappa shape index (κ2) is 5.22. The van der Waals surface area contributed by atoms with Crippen LogP contribution in [0.3, 0.4) is 0 Å². The smallest absolute Gasteiger partial charge is 0.333 e. The first-order chi connectivity index (χ1) is 10.5. The number of ether oxygens (including phenoxy) is 1. The van der Waals surface area contributed by atoms with Gasteiger partial charge in [-0.15, -0.1) is 5.76 Å². The van der Waals surface area contributed by atoms with E-state index in [1.807, 2.05) is 0 Å². The highest BCUT2D eigenvalue weighted by Gasteiger charge is 2.24. The van der Waals surface area contributed by atoms with Gasteiger partial charge in [0.1, 0.15) is 17.1 Å². The molecule has 1 aromatic heterocycles. The van der Waals surface area contributed by atoms with Gasteiger partial charge in [-0.1, -0.05) is 0 Å². The van der Waals surface area contributed by atoms with Crippen LogP contribution >= 0.6 is 0 Å². The summed E-state index contributed by atoms with van der Waals surface area (Å²) in [6, 6.07) is 4.16. The largest absolute Gasteiger partial charge is 0.875 e. The minimum Gasteiger partial charge on any atom is -0.875 e. The van der Waals surface area contributed by atoms with Crippen molar-refractivity contribution < 1.29 is 24.2 Å². The average Bonchev–Trinajstić information content (AvgIpc) is 2.47. The molecule has 0 aliphatic heterocycles. The first-order valence-electron chi connectivity index (χ1n) is 6.85. The van der Waals surface area contributed by atoms with Gasteiger partial charge in [0.15, 0.2) is 5.43 Å². The molecule has 1 aliphatic rings. The quantitative estimate of drug-likeness (QED) is 0.823. The lowest BCUT2D eigenvalue weighted by molar-refractivity contribution is -0.307. The van der Waals surface area contributed by atoms with Gasteiger partial charge in [0.25, 0.3) is 0 Å². The summed E-state index contributed by atoms with van der Waals surface area (Å²) in [5.41, 5.74) is 0.155. The molecule has 6 heteroatoms. The third-order valence-corrected chi connectivity index (χ3v) is 3.59. The number of phenolic OH excluding ortho intramolecular Hbond substituents is 1. The molecule has 114 valence electrons. The Morgan fingerprint density at radius 3 is 2.91 bits per heavy atom. The summed E-state index contributed by atoms with van der Waals surface area (Å²) < 4.78 is 10.5. The third-order valence-electron chi connectivity index (χ3n) is 3.59. The van der Waals surface area contributed by atoms with Crippen LogP contribution in [-0.2, 0) is 22.4 Å². The van der Waals surface area contributed by atoms with E-state index < -0.39 is 11.7 Å². The van der Waals surface area contributed by atoms with E-state index in [0.29, 0.717) is 5.39 Å². The third kappa shape index (κ3) is 2.22. The molecule has 0 fully saturated rings. The fraction of sp³-hybridized carbons (Fsp3) is 0.250. The van der Waals surface area contributed by atoms with Crippen LogP contribution in [0.15, 0.2) is 38.7 Å². The number of hydrogen-bond donors (Lipinski definition) is 1. The fourth-order valence-electron chi connectivity index (χ4n) is 2.52. The van der Waals surface area contributed by atoms with Crippen LogP contribution in [0.1, 0.15) is 18.2 Å². The zero-order valence-corrected chi connectivity index (χ0v) is 11.8. The predicted molar refractivity (Wildman–Crippen MR) is 75.2 cm³/mol. The molecule has 0 unspecified atom stereocenters. The summed E-state index contributed by atoms with van der Waals surface area (Å²) in [5, 5.41) is 21.8. The molecule has 0 atom stereocenters. The first kappa shape index (κ1) is 14.2. The number of esters is 1. The van der Waals surface area contributed by atoms with Crippen molar-refractivity contribution in [2.24, 2.45) is 0 Å². The summed E-state index contributed by atoms with van der Waals surface area (Å²) >= 11 is 0. The van der Waals surface area contributed by atoms with E-state index in [1.165, 1.54) is 18.2 Å². The molecule has 0 spiro atoms. The van der Waals surface area contributed by atoms with Gasteiger partial charge in [0, 0.05) is 23.6 Å². The first-order valence-corrected chi connectivity index (χ1v) is 6.85. The van der Waals surface area contributed by atoms with Crippen LogP contribution < -0.4 is 10.5 Å². The molecular weight excluding hydrogens is 288 g/mol. The van der Waals surface area contributed by atoms with E-state index in [2.05, 4.69) is 0 Å². The number of carbonyl (C=O) groups is 1. The van der Waals surface area contributed by atoms with Crippen molar-refractivity contribution in [1.82, 2.24) is 0 Å². The average molecular weight is 301 g/mol. The minimum atomic E-state index is -0.684. The number of fused-ring (bicyclic) bond motifs is 2. The summed E-state index contributed by atoms with van der Waals surface area (Å²) in [4.78, 5) is 24.2. The lowest BCUT2D eigenvalue weighted by atomic mass is 9.94. The van der Waals surface area contributed by atoms with Gasteiger partial charge in [-0.2, -0.15) is 0 Å². The van der Waals surface area contributed by atoms with Gasteiger partial charge in [0.2, 0.25) is 0 Å². The van der Waals surface area contributed by atoms with E-state index in [4.69, 9.17) is 9.15 Å². The normalized spacial score (nSPS) is 14.0. The van der Waals surface area contributed by atoms with Crippen LogP contribution in [-0.4, -0.2) is 17.7 Å². The maximum absolute atomic E-state index is 12.4. The molecule has 1 aromatic carbocycles. The van der Waals surface area contributed by atoms with Gasteiger partial charge in [0.05, 0.1) is 12.0 Å². The van der Waals surface area contributed by atoms with Crippen LogP contribution in [0.5, 0.6) is 5.75 Å². The molecule has 0 saturated carbocycles. The maximum Gasteiger partial charge on any atom is 0.333 e. The Balaban J connectivity index is 2.13. The van der Waals surface area contributed by atoms with Gasteiger partial charge >= 0.3 is 5.97 Å². The number of rotatable bonds is 2. The number of phenols is 1. The maximum atomic E-state index is 12.4. The van der Waals surface area contributed by atoms with Crippen molar-refractivity contribution in [2.45, 2.75) is 19.8 Å². The highest BCUT2D eigenvalue weighted by atomic mass is 16.5. The highest BCUT2D eigenvalue weighted by molar-refractivity contribution is 5.90. The molecule has 0 bridgehead atoms. The number of carbonyl (C=O) groups excluding carboxylic acids is 1. The van der Waals surface area contributed by atoms with E-state index in [1.54, 1.807) is 6.92 Å². The number of allylic oxidation sites excluding steroid dienone is 1. The standard InChI is InChI=1S/C16H14O6/c1-2-21-16(20)10-7-14-11(6-12(10)18)15(19)9-4-3-8(17)5-13(9)22-14/h3-5,17-18H,2,6-7H2,1H3/p-1. The monoisotopic (exact) mass is 301 g/mol. The second-order valence-corrected chi connectivity index (χ2v) is 4.99. The number of hydrogen-bond acceptors (Lipinski definition) is 6. The van der Waals surface area contributed by atoms with Crippen molar-refractivity contribution in [3.63, 3.8) is 0 Å². The SMILES string of the molecule is CCOC(=O)C1=C([O-])Cc2c(oc3cc(O)ccc3c2=O)C1. The van der Waals surface area contributed by atoms with Gasteiger partial charge in [-0.05, 0) is 25.5 Å². The molecule has 22 heavy (non-hydrogen) atoms. The summed E-state index contributed by atoms with van der Waals surface area (Å²) in [6.07, 6.45) is -0.254. The Labute approximate surface area is 125 Å². The molecule has 0 radical (unpaired) electrons. The topological polar surface area (TPSA) is 99.8 Å². The summed E-state index contributed by atoms with van der Waals surface area (Å²) in [5.74, 6) is -0.865. The zero-order chi connectivity index (χ0) is 15.9. The lowest BCUT2D eigenvalue weighted by Gasteiger charge is -2.24. The Morgan fingerprint density at radius 2 is 2.18 bits per heavy atom. The van der Waals surface area contributed by atoms with Gasteiger partial charge in [-0.3, -0.25) is 4.79 Å². The van der Waals surface area contributed by atoms with Crippen LogP contribution in [0.2, 0.25) is 0 Å². The van der Waals surface area contributed by atoms with E-state index in [9.17, 15) is 19.8 Å². The molecule has 6 nitrogen and oxygen atoms in total. The van der Waals surface area contributed by atoms with Crippen LogP contribution in [0.4, 0.5) is 0 Å². The number of aromatic hydroxyl groups is 1. The van der Waals surface area contributed by atoms with Crippen molar-refractivity contribution in [1.29, 1.82) is 0 Å². The van der Waals surface area contributed by atoms with Crippen molar-refractivity contribution >= 4 is 16.9 Å². The fourth-order valence-corrected chi connectivity index (χ4v) is 2.52. The number of benzene rings is 1. The predicted octanol–water partition coefficient (Wildman–Crippen LogP) is 0.775.